The number of phenolic OH excluding ortho intramolecular Hbond substituents is 1. The van der Waals surface area contributed by atoms with Crippen LogP contribution in [0.25, 0.3) is 0 Å². The summed E-state index contributed by atoms with van der Waals surface area (Å²) < 4.78 is 10.5. The summed E-state index contributed by atoms with van der Waals surface area (Å²) in [6.45, 7) is 4.30. The highest BCUT2D eigenvalue weighted by molar-refractivity contribution is 5.55. The number of hydrogen-bond donors (Lipinski definition) is 1. The van der Waals surface area contributed by atoms with Gasteiger partial charge in [-0.15, -0.1) is 0 Å². The summed E-state index contributed by atoms with van der Waals surface area (Å²) >= 11 is 0. The molecule has 17 heavy (non-hydrogen) atoms. The van der Waals surface area contributed by atoms with E-state index in [1.807, 2.05) is 19.1 Å². The van der Waals surface area contributed by atoms with Gasteiger partial charge in [0.2, 0.25) is 0 Å². The Morgan fingerprint density at radius 2 is 2.06 bits per heavy atom. The molecule has 1 aliphatic carbocycles. The van der Waals surface area contributed by atoms with Gasteiger partial charge in [0.15, 0.2) is 6.79 Å². The fourth-order valence-electron chi connectivity index (χ4n) is 2.36. The van der Waals surface area contributed by atoms with Crippen LogP contribution in [0.4, 0.5) is 0 Å². The number of phenols is 1. The molecule has 0 aliphatic heterocycles. The number of aromatic hydroxyl groups is 1. The molecule has 0 saturated heterocycles. The van der Waals surface area contributed by atoms with Crippen molar-refractivity contribution in [2.75, 3.05) is 13.9 Å². The molecule has 1 saturated carbocycles. The van der Waals surface area contributed by atoms with Gasteiger partial charge in [0.1, 0.15) is 11.5 Å². The zero-order valence-corrected chi connectivity index (χ0v) is 10.7. The molecule has 0 unspecified atom stereocenters. The molecule has 0 radical (unpaired) electrons. The second kappa shape index (κ2) is 4.57. The molecule has 0 amide bonds. The maximum Gasteiger partial charge on any atom is 0.188 e. The van der Waals surface area contributed by atoms with Gasteiger partial charge in [-0.1, -0.05) is 13.0 Å². The highest BCUT2D eigenvalue weighted by atomic mass is 16.7. The third-order valence-corrected chi connectivity index (χ3v) is 3.73. The summed E-state index contributed by atoms with van der Waals surface area (Å²) in [6.07, 6.45) is 3.29. The quantitative estimate of drug-likeness (QED) is 0.798. The van der Waals surface area contributed by atoms with Crippen LogP contribution in [0.1, 0.15) is 37.3 Å². The van der Waals surface area contributed by atoms with E-state index in [0.717, 1.165) is 36.1 Å². The summed E-state index contributed by atoms with van der Waals surface area (Å²) in [4.78, 5) is 0. The summed E-state index contributed by atoms with van der Waals surface area (Å²) in [5.41, 5.74) is 2.00. The van der Waals surface area contributed by atoms with E-state index in [9.17, 15) is 5.11 Å². The van der Waals surface area contributed by atoms with Gasteiger partial charge >= 0.3 is 0 Å². The van der Waals surface area contributed by atoms with E-state index in [0.29, 0.717) is 5.75 Å². The molecular formula is C14H20O3. The second-order valence-electron chi connectivity index (χ2n) is 4.79. The third-order valence-electron chi connectivity index (χ3n) is 3.73. The molecule has 0 atom stereocenters. The van der Waals surface area contributed by atoms with Crippen LogP contribution >= 0.6 is 0 Å². The predicted octanol–water partition coefficient (Wildman–Crippen LogP) is 3.12. The van der Waals surface area contributed by atoms with Crippen molar-refractivity contribution in [3.8, 4) is 11.5 Å². The topological polar surface area (TPSA) is 38.7 Å². The van der Waals surface area contributed by atoms with Gasteiger partial charge in [0, 0.05) is 18.1 Å². The number of aryl methyl sites for hydroxylation is 1. The zero-order valence-electron chi connectivity index (χ0n) is 10.7. The van der Waals surface area contributed by atoms with E-state index in [1.165, 1.54) is 0 Å². The standard InChI is InChI=1S/C14H20O3/c1-4-14(7-8-14)12-11(17-9-16-3)6-5-10(2)13(12)15/h5-6,15H,4,7-9H2,1-3H3. The van der Waals surface area contributed by atoms with Gasteiger partial charge in [-0.05, 0) is 37.8 Å². The Labute approximate surface area is 102 Å². The Balaban J connectivity index is 2.42. The van der Waals surface area contributed by atoms with Crippen molar-refractivity contribution in [1.29, 1.82) is 0 Å². The van der Waals surface area contributed by atoms with Gasteiger partial charge < -0.3 is 14.6 Å². The minimum Gasteiger partial charge on any atom is -0.507 e. The van der Waals surface area contributed by atoms with Crippen molar-refractivity contribution in [1.82, 2.24) is 0 Å². The average molecular weight is 236 g/mol. The summed E-state index contributed by atoms with van der Waals surface area (Å²) in [7, 11) is 1.60. The number of benzene rings is 1. The highest BCUT2D eigenvalue weighted by Gasteiger charge is 2.46. The van der Waals surface area contributed by atoms with Crippen molar-refractivity contribution in [3.63, 3.8) is 0 Å². The minimum atomic E-state index is 0.124. The van der Waals surface area contributed by atoms with Crippen LogP contribution in [0, 0.1) is 6.92 Å². The number of hydrogen-bond acceptors (Lipinski definition) is 3. The van der Waals surface area contributed by atoms with Crippen LogP contribution in [0.15, 0.2) is 12.1 Å². The van der Waals surface area contributed by atoms with Crippen molar-refractivity contribution in [2.45, 2.75) is 38.5 Å². The van der Waals surface area contributed by atoms with Crippen LogP contribution in [0.5, 0.6) is 11.5 Å². The first-order valence-corrected chi connectivity index (χ1v) is 6.09. The maximum absolute atomic E-state index is 10.3. The zero-order chi connectivity index (χ0) is 12.5. The summed E-state index contributed by atoms with van der Waals surface area (Å²) in [6, 6.07) is 3.81. The monoisotopic (exact) mass is 236 g/mol. The number of methoxy groups -OCH3 is 1. The first-order chi connectivity index (χ1) is 8.14. The maximum atomic E-state index is 10.3. The largest absolute Gasteiger partial charge is 0.507 e. The molecule has 94 valence electrons. The molecule has 1 aliphatic rings. The first-order valence-electron chi connectivity index (χ1n) is 6.09. The lowest BCUT2D eigenvalue weighted by molar-refractivity contribution is 0.0498. The van der Waals surface area contributed by atoms with E-state index >= 15 is 0 Å². The van der Waals surface area contributed by atoms with E-state index in [2.05, 4.69) is 6.92 Å². The molecular weight excluding hydrogens is 216 g/mol. The molecule has 0 spiro atoms. The Morgan fingerprint density at radius 3 is 2.59 bits per heavy atom. The van der Waals surface area contributed by atoms with E-state index in [4.69, 9.17) is 9.47 Å². The van der Waals surface area contributed by atoms with Gasteiger partial charge in [-0.3, -0.25) is 0 Å². The molecule has 1 aromatic carbocycles. The minimum absolute atomic E-state index is 0.124. The van der Waals surface area contributed by atoms with Gasteiger partial charge in [0.25, 0.3) is 0 Å². The van der Waals surface area contributed by atoms with Crippen LogP contribution < -0.4 is 4.74 Å². The van der Waals surface area contributed by atoms with E-state index < -0.39 is 0 Å². The Hall–Kier alpha value is -1.22. The number of ether oxygens (including phenoxy) is 2. The lowest BCUT2D eigenvalue weighted by Crippen LogP contribution is -2.10. The van der Waals surface area contributed by atoms with E-state index in [-0.39, 0.29) is 12.2 Å². The lowest BCUT2D eigenvalue weighted by Gasteiger charge is -2.20. The lowest BCUT2D eigenvalue weighted by atomic mass is 9.90. The summed E-state index contributed by atoms with van der Waals surface area (Å²) in [5, 5.41) is 10.3. The first kappa shape index (κ1) is 12.2. The van der Waals surface area contributed by atoms with Crippen LogP contribution in [-0.4, -0.2) is 19.0 Å². The van der Waals surface area contributed by atoms with Gasteiger partial charge in [-0.25, -0.2) is 0 Å². The molecule has 1 fully saturated rings. The van der Waals surface area contributed by atoms with Gasteiger partial charge in [-0.2, -0.15) is 0 Å². The van der Waals surface area contributed by atoms with Crippen molar-refractivity contribution in [2.24, 2.45) is 0 Å². The highest BCUT2D eigenvalue weighted by Crippen LogP contribution is 2.57. The molecule has 1 N–H and O–H groups in total. The van der Waals surface area contributed by atoms with Gasteiger partial charge in [0.05, 0.1) is 0 Å². The van der Waals surface area contributed by atoms with Crippen molar-refractivity contribution < 1.29 is 14.6 Å². The Kier molecular flexibility index (Phi) is 3.29. The fourth-order valence-corrected chi connectivity index (χ4v) is 2.36. The molecule has 2 rings (SSSR count). The smallest absolute Gasteiger partial charge is 0.188 e. The van der Waals surface area contributed by atoms with Crippen molar-refractivity contribution >= 4 is 0 Å². The molecule has 0 bridgehead atoms. The Bertz CT molecular complexity index is 408. The normalized spacial score (nSPS) is 16.9. The third kappa shape index (κ3) is 2.12. The van der Waals surface area contributed by atoms with Crippen LogP contribution in [-0.2, 0) is 10.2 Å². The molecule has 3 nitrogen and oxygen atoms in total. The molecule has 0 heterocycles. The molecule has 0 aromatic heterocycles. The van der Waals surface area contributed by atoms with E-state index in [1.54, 1.807) is 7.11 Å². The molecule has 1 aromatic rings. The molecule has 3 heteroatoms. The second-order valence-corrected chi connectivity index (χ2v) is 4.79. The Morgan fingerprint density at radius 1 is 1.35 bits per heavy atom. The summed E-state index contributed by atoms with van der Waals surface area (Å²) in [5.74, 6) is 1.15. The predicted molar refractivity (Wildman–Crippen MR) is 66.6 cm³/mol. The fraction of sp³-hybridized carbons (Fsp3) is 0.571. The van der Waals surface area contributed by atoms with Crippen LogP contribution in [0.3, 0.4) is 0 Å². The van der Waals surface area contributed by atoms with Crippen LogP contribution in [0.2, 0.25) is 0 Å². The average Bonchev–Trinajstić information content (AvgIpc) is 3.11. The number of rotatable bonds is 5. The SMILES string of the molecule is CCC1(c2c(OCOC)ccc(C)c2O)CC1. The van der Waals surface area contributed by atoms with Crippen molar-refractivity contribution in [3.05, 3.63) is 23.3 Å².